The van der Waals surface area contributed by atoms with Gasteiger partial charge in [-0.3, -0.25) is 9.59 Å². The van der Waals surface area contributed by atoms with Crippen LogP contribution in [-0.4, -0.2) is 68.0 Å². The fourth-order valence-electron chi connectivity index (χ4n) is 4.28. The van der Waals surface area contributed by atoms with Crippen LogP contribution in [0.25, 0.3) is 5.69 Å². The van der Waals surface area contributed by atoms with Crippen LogP contribution in [0.5, 0.6) is 0 Å². The highest BCUT2D eigenvalue weighted by atomic mass is 16.2. The van der Waals surface area contributed by atoms with Crippen molar-refractivity contribution in [1.29, 1.82) is 0 Å². The van der Waals surface area contributed by atoms with E-state index in [1.807, 2.05) is 36.1 Å². The molecule has 2 aliphatic rings. The van der Waals surface area contributed by atoms with Gasteiger partial charge in [0.2, 0.25) is 5.91 Å². The average Bonchev–Trinajstić information content (AvgIpc) is 3.01. The van der Waals surface area contributed by atoms with E-state index in [4.69, 9.17) is 0 Å². The van der Waals surface area contributed by atoms with E-state index in [2.05, 4.69) is 20.4 Å². The molecule has 0 atom stereocenters. The van der Waals surface area contributed by atoms with Crippen LogP contribution in [0.3, 0.4) is 0 Å². The van der Waals surface area contributed by atoms with Crippen molar-refractivity contribution in [1.82, 2.24) is 30.0 Å². The number of rotatable bonds is 3. The summed E-state index contributed by atoms with van der Waals surface area (Å²) in [6.45, 7) is 4.89. The number of hydrogen-bond donors (Lipinski definition) is 0. The van der Waals surface area contributed by atoms with Gasteiger partial charge in [0.1, 0.15) is 0 Å². The number of carbonyl (C=O) groups excluding carboxylic acids is 2. The first-order valence-electron chi connectivity index (χ1n) is 10.6. The summed E-state index contributed by atoms with van der Waals surface area (Å²) in [6, 6.07) is 7.33. The number of carbonyl (C=O) groups is 2. The molecule has 3 heterocycles. The topological polar surface area (TPSA) is 84.2 Å². The van der Waals surface area contributed by atoms with Gasteiger partial charge in [-0.2, -0.15) is 4.68 Å². The van der Waals surface area contributed by atoms with Gasteiger partial charge in [0, 0.05) is 37.7 Å². The lowest BCUT2D eigenvalue weighted by Gasteiger charge is -2.34. The Morgan fingerprint density at radius 1 is 0.897 bits per heavy atom. The zero-order valence-electron chi connectivity index (χ0n) is 17.0. The third kappa shape index (κ3) is 4.31. The van der Waals surface area contributed by atoms with Gasteiger partial charge >= 0.3 is 0 Å². The second-order valence-electron chi connectivity index (χ2n) is 7.99. The first kappa shape index (κ1) is 19.5. The molecule has 8 nitrogen and oxygen atoms in total. The summed E-state index contributed by atoms with van der Waals surface area (Å²) >= 11 is 0. The van der Waals surface area contributed by atoms with Gasteiger partial charge in [-0.15, -0.1) is 5.10 Å². The van der Waals surface area contributed by atoms with Gasteiger partial charge in [0.15, 0.2) is 5.82 Å². The van der Waals surface area contributed by atoms with Gasteiger partial charge in [0.05, 0.1) is 5.69 Å². The van der Waals surface area contributed by atoms with Crippen LogP contribution in [0, 0.1) is 12.8 Å². The van der Waals surface area contributed by atoms with Gasteiger partial charge in [0.25, 0.3) is 5.91 Å². The molecule has 0 bridgehead atoms. The highest BCUT2D eigenvalue weighted by Crippen LogP contribution is 2.23. The molecule has 2 fully saturated rings. The number of nitrogens with zero attached hydrogens (tertiary/aromatic N) is 6. The van der Waals surface area contributed by atoms with Crippen LogP contribution in [0.4, 0.5) is 0 Å². The quantitative estimate of drug-likeness (QED) is 0.794. The Kier molecular flexibility index (Phi) is 5.87. The molecule has 0 saturated carbocycles. The van der Waals surface area contributed by atoms with Gasteiger partial charge in [-0.25, -0.2) is 0 Å². The lowest BCUT2D eigenvalue weighted by atomic mass is 9.94. The Morgan fingerprint density at radius 3 is 2.14 bits per heavy atom. The monoisotopic (exact) mass is 396 g/mol. The largest absolute Gasteiger partial charge is 0.342 e. The Morgan fingerprint density at radius 2 is 1.55 bits per heavy atom. The van der Waals surface area contributed by atoms with Gasteiger partial charge < -0.3 is 9.80 Å². The summed E-state index contributed by atoms with van der Waals surface area (Å²) in [7, 11) is 0. The van der Waals surface area contributed by atoms with Crippen LogP contribution >= 0.6 is 0 Å². The predicted octanol–water partition coefficient (Wildman–Crippen LogP) is 2.23. The molecule has 1 aromatic heterocycles. The van der Waals surface area contributed by atoms with Crippen molar-refractivity contribution in [3.8, 4) is 5.69 Å². The summed E-state index contributed by atoms with van der Waals surface area (Å²) in [5, 5.41) is 11.5. The van der Waals surface area contributed by atoms with Crippen molar-refractivity contribution in [3.05, 3.63) is 35.7 Å². The molecule has 0 N–H and O–H groups in total. The molecule has 1 aromatic carbocycles. The second kappa shape index (κ2) is 8.71. The van der Waals surface area contributed by atoms with E-state index in [9.17, 15) is 9.59 Å². The number of aryl methyl sites for hydroxylation is 1. The lowest BCUT2D eigenvalue weighted by molar-refractivity contribution is -0.136. The summed E-state index contributed by atoms with van der Waals surface area (Å²) in [4.78, 5) is 29.6. The SMILES string of the molecule is Cc1nnnn1-c1ccc(C(=O)N2CCC(C(=O)N3CCCCCC3)CC2)cc1. The Bertz CT molecular complexity index is 846. The molecular formula is C21H28N6O2. The highest BCUT2D eigenvalue weighted by Gasteiger charge is 2.30. The second-order valence-corrected chi connectivity index (χ2v) is 7.99. The van der Waals surface area contributed by atoms with Crippen molar-refractivity contribution >= 4 is 11.8 Å². The Balaban J connectivity index is 1.34. The van der Waals surface area contributed by atoms with E-state index >= 15 is 0 Å². The molecule has 2 aliphatic heterocycles. The minimum atomic E-state index is 0.0191. The summed E-state index contributed by atoms with van der Waals surface area (Å²) in [5.74, 6) is 1.06. The fraction of sp³-hybridized carbons (Fsp3) is 0.571. The van der Waals surface area contributed by atoms with Crippen molar-refractivity contribution in [2.24, 2.45) is 5.92 Å². The van der Waals surface area contributed by atoms with Crippen LogP contribution in [0.15, 0.2) is 24.3 Å². The maximum Gasteiger partial charge on any atom is 0.253 e. The molecule has 0 spiro atoms. The highest BCUT2D eigenvalue weighted by molar-refractivity contribution is 5.94. The molecule has 154 valence electrons. The van der Waals surface area contributed by atoms with E-state index in [1.54, 1.807) is 4.68 Å². The number of piperidine rings is 1. The number of tetrazole rings is 1. The standard InChI is InChI=1S/C21H28N6O2/c1-16-22-23-24-27(16)19-8-6-17(7-9-19)20(28)26-14-10-18(11-15-26)21(29)25-12-4-2-3-5-13-25/h6-9,18H,2-5,10-15H2,1H3. The number of aromatic nitrogens is 4. The minimum Gasteiger partial charge on any atom is -0.342 e. The minimum absolute atomic E-state index is 0.0191. The zero-order valence-corrected chi connectivity index (χ0v) is 17.0. The maximum atomic E-state index is 12.9. The van der Waals surface area contributed by atoms with Crippen LogP contribution in [0.1, 0.15) is 54.7 Å². The van der Waals surface area contributed by atoms with E-state index < -0.39 is 0 Å². The Labute approximate surface area is 170 Å². The van der Waals surface area contributed by atoms with Crippen LogP contribution in [-0.2, 0) is 4.79 Å². The first-order chi connectivity index (χ1) is 14.1. The van der Waals surface area contributed by atoms with Gasteiger partial charge in [-0.1, -0.05) is 12.8 Å². The number of hydrogen-bond acceptors (Lipinski definition) is 5. The van der Waals surface area contributed by atoms with E-state index in [0.717, 1.165) is 44.5 Å². The van der Waals surface area contributed by atoms with Gasteiger partial charge in [-0.05, 0) is 67.3 Å². The molecule has 0 radical (unpaired) electrons. The molecular weight excluding hydrogens is 368 g/mol. The summed E-state index contributed by atoms with van der Waals surface area (Å²) < 4.78 is 1.63. The zero-order chi connectivity index (χ0) is 20.2. The molecule has 0 unspecified atom stereocenters. The molecule has 2 saturated heterocycles. The predicted molar refractivity (Wildman–Crippen MR) is 108 cm³/mol. The molecule has 2 amide bonds. The smallest absolute Gasteiger partial charge is 0.253 e. The maximum absolute atomic E-state index is 12.9. The van der Waals surface area contributed by atoms with Crippen molar-refractivity contribution < 1.29 is 9.59 Å². The first-order valence-corrected chi connectivity index (χ1v) is 10.6. The number of benzene rings is 1. The normalized spacial score (nSPS) is 18.5. The van der Waals surface area contributed by atoms with Crippen molar-refractivity contribution in [2.45, 2.75) is 45.4 Å². The summed E-state index contributed by atoms with van der Waals surface area (Å²) in [6.07, 6.45) is 6.18. The van der Waals surface area contributed by atoms with E-state index in [0.29, 0.717) is 30.4 Å². The number of likely N-dealkylation sites (tertiary alicyclic amines) is 2. The van der Waals surface area contributed by atoms with Crippen molar-refractivity contribution in [2.75, 3.05) is 26.2 Å². The van der Waals surface area contributed by atoms with Crippen LogP contribution < -0.4 is 0 Å². The molecule has 0 aliphatic carbocycles. The van der Waals surface area contributed by atoms with Crippen LogP contribution in [0.2, 0.25) is 0 Å². The summed E-state index contributed by atoms with van der Waals surface area (Å²) in [5.41, 5.74) is 1.47. The van der Waals surface area contributed by atoms with E-state index in [1.165, 1.54) is 12.8 Å². The fourth-order valence-corrected chi connectivity index (χ4v) is 4.28. The molecule has 8 heteroatoms. The average molecular weight is 396 g/mol. The number of amides is 2. The third-order valence-corrected chi connectivity index (χ3v) is 6.03. The third-order valence-electron chi connectivity index (χ3n) is 6.03. The van der Waals surface area contributed by atoms with E-state index in [-0.39, 0.29) is 11.8 Å². The molecule has 2 aromatic rings. The molecule has 29 heavy (non-hydrogen) atoms. The van der Waals surface area contributed by atoms with Crippen molar-refractivity contribution in [3.63, 3.8) is 0 Å². The Hall–Kier alpha value is -2.77. The molecule has 4 rings (SSSR count). The lowest BCUT2D eigenvalue weighted by Crippen LogP contribution is -2.44.